The highest BCUT2D eigenvalue weighted by molar-refractivity contribution is 9.10. The molecule has 0 spiro atoms. The highest BCUT2D eigenvalue weighted by Crippen LogP contribution is 2.41. The van der Waals surface area contributed by atoms with E-state index in [-0.39, 0.29) is 0 Å². The van der Waals surface area contributed by atoms with E-state index in [4.69, 9.17) is 14.5 Å². The first-order chi connectivity index (χ1) is 19.7. The van der Waals surface area contributed by atoms with Gasteiger partial charge in [0, 0.05) is 16.1 Å². The van der Waals surface area contributed by atoms with Gasteiger partial charge in [-0.05, 0) is 58.4 Å². The topological polar surface area (TPSA) is 31.4 Å². The Hall–Kier alpha value is -3.37. The van der Waals surface area contributed by atoms with Crippen molar-refractivity contribution >= 4 is 21.5 Å². The van der Waals surface area contributed by atoms with Crippen LogP contribution in [0, 0.1) is 0 Å². The van der Waals surface area contributed by atoms with Gasteiger partial charge in [-0.3, -0.25) is 0 Å². The van der Waals surface area contributed by atoms with E-state index in [1.807, 2.05) is 96.1 Å². The number of hydrogen-bond acceptors (Lipinski definition) is 3. The minimum absolute atomic E-state index is 0.444. The summed E-state index contributed by atoms with van der Waals surface area (Å²) in [5, 5.41) is 0. The van der Waals surface area contributed by atoms with Crippen molar-refractivity contribution in [2.24, 2.45) is 0 Å². The molecule has 40 heavy (non-hydrogen) atoms. The molecule has 1 aromatic heterocycles. The third-order valence-corrected chi connectivity index (χ3v) is 6.58. The fourth-order valence-electron chi connectivity index (χ4n) is 4.25. The molecule has 0 amide bonds. The van der Waals surface area contributed by atoms with Crippen molar-refractivity contribution in [3.8, 4) is 11.8 Å². The lowest BCUT2D eigenvalue weighted by Crippen LogP contribution is -2.08. The Bertz CT molecular complexity index is 1300. The van der Waals surface area contributed by atoms with Gasteiger partial charge in [0.2, 0.25) is 11.8 Å². The van der Waals surface area contributed by atoms with Crippen LogP contribution in [0.5, 0.6) is 11.8 Å². The number of ether oxygens (including phenoxy) is 2. The van der Waals surface area contributed by atoms with Gasteiger partial charge in [0.05, 0.1) is 0 Å². The van der Waals surface area contributed by atoms with Crippen LogP contribution in [-0.4, -0.2) is 4.98 Å². The van der Waals surface area contributed by atoms with Gasteiger partial charge in [0.25, 0.3) is 0 Å². The second kappa shape index (κ2) is 18.1. The molecule has 0 N–H and O–H groups in total. The van der Waals surface area contributed by atoms with Gasteiger partial charge in [0.15, 0.2) is 0 Å². The van der Waals surface area contributed by atoms with E-state index in [0.717, 1.165) is 33.2 Å². The Morgan fingerprint density at radius 1 is 0.700 bits per heavy atom. The lowest BCUT2D eigenvalue weighted by Gasteiger charge is -2.24. The predicted octanol–water partition coefficient (Wildman–Crippen LogP) is 11.0. The molecule has 0 saturated heterocycles. The Labute approximate surface area is 250 Å². The number of nitrogens with zero attached hydrogens (tertiary/aromatic N) is 1. The van der Waals surface area contributed by atoms with Crippen LogP contribution in [0.25, 0.3) is 5.57 Å². The molecule has 3 nitrogen and oxygen atoms in total. The van der Waals surface area contributed by atoms with E-state index >= 15 is 0 Å². The molecule has 1 unspecified atom stereocenters. The zero-order valence-electron chi connectivity index (χ0n) is 25.1. The Balaban J connectivity index is 0.000000876. The number of fused-ring (bicyclic) bond motifs is 1. The molecule has 1 aliphatic carbocycles. The highest BCUT2D eigenvalue weighted by atomic mass is 79.9. The van der Waals surface area contributed by atoms with E-state index in [9.17, 15) is 0 Å². The summed E-state index contributed by atoms with van der Waals surface area (Å²) in [6.07, 6.45) is 3.28. The number of benzene rings is 3. The van der Waals surface area contributed by atoms with Crippen molar-refractivity contribution in [3.05, 3.63) is 129 Å². The minimum Gasteiger partial charge on any atom is -0.473 e. The lowest BCUT2D eigenvalue weighted by atomic mass is 9.82. The maximum atomic E-state index is 6.29. The van der Waals surface area contributed by atoms with Gasteiger partial charge < -0.3 is 9.47 Å². The fraction of sp³-hybridized carbons (Fsp3) is 0.306. The van der Waals surface area contributed by atoms with E-state index in [0.29, 0.717) is 30.9 Å². The van der Waals surface area contributed by atoms with Crippen LogP contribution in [0.2, 0.25) is 0 Å². The minimum atomic E-state index is 0.444. The van der Waals surface area contributed by atoms with Crippen molar-refractivity contribution in [2.45, 2.75) is 74.0 Å². The van der Waals surface area contributed by atoms with E-state index in [1.165, 1.54) is 11.1 Å². The summed E-state index contributed by atoms with van der Waals surface area (Å²) in [5.74, 6) is 1.60. The van der Waals surface area contributed by atoms with Crippen molar-refractivity contribution < 1.29 is 9.47 Å². The Morgan fingerprint density at radius 3 is 1.85 bits per heavy atom. The second-order valence-electron chi connectivity index (χ2n) is 8.54. The second-order valence-corrected chi connectivity index (χ2v) is 9.45. The average Bonchev–Trinajstić information content (AvgIpc) is 3.03. The summed E-state index contributed by atoms with van der Waals surface area (Å²) in [7, 11) is 0. The first kappa shape index (κ1) is 32.8. The molecular formula is C36H44BrNO2. The van der Waals surface area contributed by atoms with E-state index < -0.39 is 0 Å². The predicted molar refractivity (Wildman–Crippen MR) is 174 cm³/mol. The van der Waals surface area contributed by atoms with Crippen LogP contribution in [-0.2, 0) is 13.2 Å². The fourth-order valence-corrected chi connectivity index (χ4v) is 4.63. The Kier molecular flexibility index (Phi) is 14.8. The first-order valence-electron chi connectivity index (χ1n) is 14.5. The third-order valence-electron chi connectivity index (χ3n) is 6.08. The van der Waals surface area contributed by atoms with Crippen LogP contribution in [0.15, 0.2) is 102 Å². The van der Waals surface area contributed by atoms with Crippen molar-refractivity contribution in [1.29, 1.82) is 0 Å². The maximum absolute atomic E-state index is 6.29. The monoisotopic (exact) mass is 601 g/mol. The van der Waals surface area contributed by atoms with Gasteiger partial charge >= 0.3 is 0 Å². The van der Waals surface area contributed by atoms with E-state index in [1.54, 1.807) is 0 Å². The normalized spacial score (nSPS) is 13.0. The van der Waals surface area contributed by atoms with Gasteiger partial charge in [-0.2, -0.15) is 4.98 Å². The quantitative estimate of drug-likeness (QED) is 0.211. The van der Waals surface area contributed by atoms with Crippen LogP contribution >= 0.6 is 15.9 Å². The summed E-state index contributed by atoms with van der Waals surface area (Å²) in [6, 6.07) is 30.8. The molecule has 3 aromatic carbocycles. The molecule has 1 aliphatic rings. The van der Waals surface area contributed by atoms with Crippen LogP contribution in [0.3, 0.4) is 0 Å². The molecule has 0 radical (unpaired) electrons. The van der Waals surface area contributed by atoms with Gasteiger partial charge in [-0.1, -0.05) is 137 Å². The SMILES string of the molecule is CC.CC.CC.CC1CC=C(c2ccc(OCc3ccccc3)nc2OCc2ccccc2)c2ccc(Br)cc21. The number of rotatable bonds is 7. The molecule has 0 bridgehead atoms. The standard InChI is InChI=1S/C30H26BrNO2.3C2H6/c1-21-12-14-25(26-15-13-24(31)18-28(21)26)27-16-17-29(33-19-22-8-4-2-5-9-22)32-30(27)34-20-23-10-6-3-7-11-23;3*1-2/h2-11,13-18,21H,12,19-20H2,1H3;3*1-2H3. The summed E-state index contributed by atoms with van der Waals surface area (Å²) < 4.78 is 13.4. The molecule has 5 rings (SSSR count). The third kappa shape index (κ3) is 9.09. The van der Waals surface area contributed by atoms with Gasteiger partial charge in [-0.15, -0.1) is 0 Å². The summed E-state index contributed by atoms with van der Waals surface area (Å²) in [5.41, 5.74) is 6.91. The number of aromatic nitrogens is 1. The first-order valence-corrected chi connectivity index (χ1v) is 15.3. The van der Waals surface area contributed by atoms with E-state index in [2.05, 4.69) is 65.3 Å². The molecule has 4 aromatic rings. The summed E-state index contributed by atoms with van der Waals surface area (Å²) in [6.45, 7) is 15.2. The molecule has 0 saturated carbocycles. The van der Waals surface area contributed by atoms with Crippen molar-refractivity contribution in [1.82, 2.24) is 4.98 Å². The number of allylic oxidation sites excluding steroid dienone is 1. The molecule has 212 valence electrons. The van der Waals surface area contributed by atoms with Crippen molar-refractivity contribution in [3.63, 3.8) is 0 Å². The summed E-state index contributed by atoms with van der Waals surface area (Å²) >= 11 is 3.63. The zero-order chi connectivity index (χ0) is 29.3. The molecule has 1 atom stereocenters. The molecule has 0 fully saturated rings. The lowest BCUT2D eigenvalue weighted by molar-refractivity contribution is 0.267. The van der Waals surface area contributed by atoms with Gasteiger partial charge in [0.1, 0.15) is 13.2 Å². The van der Waals surface area contributed by atoms with Crippen LogP contribution in [0.1, 0.15) is 88.6 Å². The molecule has 4 heteroatoms. The number of hydrogen-bond donors (Lipinski definition) is 0. The molecular weight excluding hydrogens is 558 g/mol. The Morgan fingerprint density at radius 2 is 1.25 bits per heavy atom. The van der Waals surface area contributed by atoms with Gasteiger partial charge in [-0.25, -0.2) is 0 Å². The molecule has 1 heterocycles. The number of pyridine rings is 1. The zero-order valence-corrected chi connectivity index (χ0v) is 26.7. The molecule has 0 aliphatic heterocycles. The average molecular weight is 603 g/mol. The maximum Gasteiger partial charge on any atom is 0.225 e. The summed E-state index contributed by atoms with van der Waals surface area (Å²) in [4.78, 5) is 4.79. The number of halogens is 1. The smallest absolute Gasteiger partial charge is 0.225 e. The van der Waals surface area contributed by atoms with Crippen LogP contribution in [0.4, 0.5) is 0 Å². The van der Waals surface area contributed by atoms with Crippen LogP contribution < -0.4 is 9.47 Å². The largest absolute Gasteiger partial charge is 0.473 e. The highest BCUT2D eigenvalue weighted by Gasteiger charge is 2.23. The van der Waals surface area contributed by atoms with Crippen molar-refractivity contribution in [2.75, 3.05) is 0 Å².